The van der Waals surface area contributed by atoms with Crippen LogP contribution in [-0.2, 0) is 9.53 Å². The summed E-state index contributed by atoms with van der Waals surface area (Å²) in [4.78, 5) is 26.1. The first kappa shape index (κ1) is 18.8. The van der Waals surface area contributed by atoms with E-state index in [2.05, 4.69) is 42.6 Å². The molecular weight excluding hydrogens is 420 g/mol. The van der Waals surface area contributed by atoms with Crippen LogP contribution in [0, 0.1) is 12.8 Å². The molecule has 0 bridgehead atoms. The van der Waals surface area contributed by atoms with Gasteiger partial charge in [0.25, 0.3) is 0 Å². The second-order valence-corrected chi connectivity index (χ2v) is 7.93. The van der Waals surface area contributed by atoms with Crippen LogP contribution >= 0.6 is 15.9 Å². The van der Waals surface area contributed by atoms with Crippen molar-refractivity contribution in [3.8, 4) is 0 Å². The number of methoxy groups -OCH3 is 1. The van der Waals surface area contributed by atoms with E-state index in [0.29, 0.717) is 6.42 Å². The average molecular weight is 441 g/mol. The molecule has 2 aromatic heterocycles. The van der Waals surface area contributed by atoms with Crippen molar-refractivity contribution in [1.29, 1.82) is 0 Å². The number of nitrogens with zero attached hydrogens (tertiary/aromatic N) is 4. The number of carbonyl (C=O) groups is 1. The Labute approximate surface area is 172 Å². The summed E-state index contributed by atoms with van der Waals surface area (Å²) < 4.78 is 8.14. The van der Waals surface area contributed by atoms with Crippen LogP contribution in [0.25, 0.3) is 5.70 Å². The Hall–Kier alpha value is -2.54. The molecule has 0 amide bonds. The van der Waals surface area contributed by atoms with Gasteiger partial charge in [0.2, 0.25) is 0 Å². The first-order chi connectivity index (χ1) is 13.6. The molecule has 28 heavy (non-hydrogen) atoms. The van der Waals surface area contributed by atoms with E-state index < -0.39 is 0 Å². The molecule has 144 valence electrons. The first-order valence-electron chi connectivity index (χ1n) is 9.25. The molecule has 0 fully saturated rings. The lowest BCUT2D eigenvalue weighted by atomic mass is 9.89. The quantitative estimate of drug-likeness (QED) is 0.667. The summed E-state index contributed by atoms with van der Waals surface area (Å²) in [7, 11) is 1.41. The highest BCUT2D eigenvalue weighted by molar-refractivity contribution is 9.11. The number of aromatic nitrogens is 3. The highest BCUT2D eigenvalue weighted by atomic mass is 79.9. The molecule has 1 aliphatic carbocycles. The van der Waals surface area contributed by atoms with Crippen LogP contribution in [0.15, 0.2) is 52.2 Å². The Morgan fingerprint density at radius 1 is 1.32 bits per heavy atom. The van der Waals surface area contributed by atoms with E-state index in [-0.39, 0.29) is 24.3 Å². The van der Waals surface area contributed by atoms with Gasteiger partial charge in [-0.05, 0) is 42.5 Å². The maximum Gasteiger partial charge on any atom is 0.305 e. The van der Waals surface area contributed by atoms with Crippen molar-refractivity contribution in [3.05, 3.63) is 64.4 Å². The van der Waals surface area contributed by atoms with E-state index in [0.717, 1.165) is 39.5 Å². The van der Waals surface area contributed by atoms with Gasteiger partial charge >= 0.3 is 5.97 Å². The zero-order valence-corrected chi connectivity index (χ0v) is 17.4. The number of halogens is 1. The normalized spacial score (nSPS) is 20.9. The molecule has 0 aromatic carbocycles. The van der Waals surface area contributed by atoms with Crippen molar-refractivity contribution in [3.63, 3.8) is 0 Å². The van der Waals surface area contributed by atoms with Gasteiger partial charge in [-0.1, -0.05) is 28.1 Å². The van der Waals surface area contributed by atoms with Gasteiger partial charge in [0, 0.05) is 36.1 Å². The molecule has 1 aliphatic heterocycles. The summed E-state index contributed by atoms with van der Waals surface area (Å²) in [6.45, 7) is 2.05. The number of ether oxygens (including phenoxy) is 1. The van der Waals surface area contributed by atoms with E-state index >= 15 is 0 Å². The summed E-state index contributed by atoms with van der Waals surface area (Å²) >= 11 is 3.65. The fourth-order valence-corrected chi connectivity index (χ4v) is 4.23. The Balaban J connectivity index is 1.86. The molecule has 1 unspecified atom stereocenters. The Bertz CT molecular complexity index is 991. The van der Waals surface area contributed by atoms with Crippen LogP contribution in [0.3, 0.4) is 0 Å². The number of aliphatic imine (C=N–C) groups is 1. The summed E-state index contributed by atoms with van der Waals surface area (Å²) in [6.07, 6.45) is 9.49. The number of esters is 1. The van der Waals surface area contributed by atoms with Crippen LogP contribution in [0.2, 0.25) is 0 Å². The molecule has 0 saturated carbocycles. The third-order valence-electron chi connectivity index (χ3n) is 5.11. The van der Waals surface area contributed by atoms with Crippen molar-refractivity contribution < 1.29 is 9.53 Å². The summed E-state index contributed by atoms with van der Waals surface area (Å²) in [5, 5.41) is 0. The number of rotatable bonds is 4. The first-order valence-corrected chi connectivity index (χ1v) is 10.0. The minimum absolute atomic E-state index is 0.0593. The predicted molar refractivity (Wildman–Crippen MR) is 111 cm³/mol. The Kier molecular flexibility index (Phi) is 5.26. The van der Waals surface area contributed by atoms with Crippen molar-refractivity contribution in [2.75, 3.05) is 7.11 Å². The largest absolute Gasteiger partial charge is 0.469 e. The third-order valence-corrected chi connectivity index (χ3v) is 5.70. The number of carbonyl (C=O) groups excluding carboxylic acids is 1. The SMILES string of the molecule is COC(=O)CC[C@@H]1N=C(c2ccccn2)C2CC(Br)=CC=C2n2c(C)cnc21. The lowest BCUT2D eigenvalue weighted by molar-refractivity contribution is -0.140. The topological polar surface area (TPSA) is 69.4 Å². The second kappa shape index (κ2) is 7.83. The highest BCUT2D eigenvalue weighted by Crippen LogP contribution is 2.40. The van der Waals surface area contributed by atoms with E-state index in [1.54, 1.807) is 6.20 Å². The number of hydrogen-bond donors (Lipinski definition) is 0. The predicted octanol–water partition coefficient (Wildman–Crippen LogP) is 4.22. The van der Waals surface area contributed by atoms with Crippen LogP contribution in [0.1, 0.15) is 42.5 Å². The van der Waals surface area contributed by atoms with Crippen molar-refractivity contribution in [2.45, 2.75) is 32.2 Å². The molecule has 0 saturated heterocycles. The molecule has 2 aromatic rings. The monoisotopic (exact) mass is 440 g/mol. The molecule has 2 aliphatic rings. The second-order valence-electron chi connectivity index (χ2n) is 6.91. The van der Waals surface area contributed by atoms with E-state index in [1.165, 1.54) is 7.11 Å². The summed E-state index contributed by atoms with van der Waals surface area (Å²) in [6, 6.07) is 5.62. The molecule has 0 radical (unpaired) electrons. The van der Waals surface area contributed by atoms with Gasteiger partial charge in [-0.15, -0.1) is 0 Å². The molecule has 0 N–H and O–H groups in total. The lowest BCUT2D eigenvalue weighted by Crippen LogP contribution is -2.22. The standard InChI is InChI=1S/C21H21BrN4O2/c1-13-12-24-21-17(7-9-19(27)28-2)25-20(16-5-3-4-10-23-16)15-11-14(22)6-8-18(15)26(13)21/h3-6,8,10,12,15,17H,7,9,11H2,1-2H3/t15?,17-/m0/s1. The van der Waals surface area contributed by atoms with Crippen LogP contribution in [0.5, 0.6) is 0 Å². The van der Waals surface area contributed by atoms with Crippen LogP contribution < -0.4 is 0 Å². The number of hydrogen-bond acceptors (Lipinski definition) is 5. The minimum atomic E-state index is -0.241. The molecule has 3 heterocycles. The van der Waals surface area contributed by atoms with E-state index in [1.807, 2.05) is 31.3 Å². The van der Waals surface area contributed by atoms with Gasteiger partial charge in [0.1, 0.15) is 11.9 Å². The fraction of sp³-hybridized carbons (Fsp3) is 0.333. The van der Waals surface area contributed by atoms with Gasteiger partial charge in [-0.25, -0.2) is 4.98 Å². The summed E-state index contributed by atoms with van der Waals surface area (Å²) in [5.74, 6) is 0.675. The zero-order valence-electron chi connectivity index (χ0n) is 15.8. The maximum atomic E-state index is 11.8. The number of aryl methyl sites for hydroxylation is 1. The Morgan fingerprint density at radius 2 is 2.18 bits per heavy atom. The van der Waals surface area contributed by atoms with Gasteiger partial charge in [-0.2, -0.15) is 0 Å². The molecule has 6 nitrogen and oxygen atoms in total. The van der Waals surface area contributed by atoms with Gasteiger partial charge < -0.3 is 9.30 Å². The highest BCUT2D eigenvalue weighted by Gasteiger charge is 2.34. The van der Waals surface area contributed by atoms with E-state index in [9.17, 15) is 4.79 Å². The van der Waals surface area contributed by atoms with Crippen molar-refractivity contribution in [1.82, 2.24) is 14.5 Å². The van der Waals surface area contributed by atoms with Crippen molar-refractivity contribution >= 4 is 33.3 Å². The number of imidazole rings is 1. The number of pyridine rings is 1. The van der Waals surface area contributed by atoms with Gasteiger partial charge in [0.15, 0.2) is 0 Å². The average Bonchev–Trinajstić information content (AvgIpc) is 3.03. The van der Waals surface area contributed by atoms with Crippen LogP contribution in [-0.4, -0.2) is 33.3 Å². The van der Waals surface area contributed by atoms with Gasteiger partial charge in [0.05, 0.1) is 18.5 Å². The number of fused-ring (bicyclic) bond motifs is 3. The Morgan fingerprint density at radius 3 is 2.93 bits per heavy atom. The molecule has 4 rings (SSSR count). The minimum Gasteiger partial charge on any atom is -0.469 e. The lowest BCUT2D eigenvalue weighted by Gasteiger charge is -2.25. The zero-order chi connectivity index (χ0) is 19.7. The molecular formula is C21H21BrN4O2. The smallest absolute Gasteiger partial charge is 0.305 e. The maximum absolute atomic E-state index is 11.8. The van der Waals surface area contributed by atoms with Crippen molar-refractivity contribution in [2.24, 2.45) is 10.9 Å². The van der Waals surface area contributed by atoms with E-state index in [4.69, 9.17) is 9.73 Å². The third kappa shape index (κ3) is 3.46. The molecule has 2 atom stereocenters. The fourth-order valence-electron chi connectivity index (χ4n) is 3.78. The van der Waals surface area contributed by atoms with Crippen LogP contribution in [0.4, 0.5) is 0 Å². The molecule has 7 heteroatoms. The molecule has 0 spiro atoms. The number of allylic oxidation sites excluding steroid dienone is 4. The van der Waals surface area contributed by atoms with Gasteiger partial charge in [-0.3, -0.25) is 14.8 Å². The summed E-state index contributed by atoms with van der Waals surface area (Å²) in [5.41, 5.74) is 3.97.